The first-order chi connectivity index (χ1) is 5.44. The lowest BCUT2D eigenvalue weighted by atomic mass is 10.3. The molecule has 1 unspecified atom stereocenters. The van der Waals surface area contributed by atoms with Crippen molar-refractivity contribution in [3.63, 3.8) is 0 Å². The highest BCUT2D eigenvalue weighted by Gasteiger charge is 2.20. The SMILES string of the molecule is CON(C)S(=O)(=O)CC(C)CCl. The van der Waals surface area contributed by atoms with Crippen LogP contribution in [0.4, 0.5) is 0 Å². The number of rotatable bonds is 5. The summed E-state index contributed by atoms with van der Waals surface area (Å²) in [7, 11) is -0.629. The second-order valence-corrected chi connectivity index (χ2v) is 4.95. The molecule has 0 saturated heterocycles. The Kier molecular flexibility index (Phi) is 5.08. The topological polar surface area (TPSA) is 46.6 Å². The average molecular weight is 216 g/mol. The van der Waals surface area contributed by atoms with Gasteiger partial charge >= 0.3 is 0 Å². The van der Waals surface area contributed by atoms with Gasteiger partial charge in [-0.05, 0) is 5.92 Å². The molecule has 0 aliphatic heterocycles. The van der Waals surface area contributed by atoms with E-state index in [4.69, 9.17) is 11.6 Å². The zero-order chi connectivity index (χ0) is 9.78. The molecule has 0 bridgehead atoms. The van der Waals surface area contributed by atoms with Crippen molar-refractivity contribution in [3.05, 3.63) is 0 Å². The minimum absolute atomic E-state index is 0.0147. The van der Waals surface area contributed by atoms with Crippen LogP contribution in [-0.4, -0.2) is 38.7 Å². The van der Waals surface area contributed by atoms with Gasteiger partial charge in [0.05, 0.1) is 12.9 Å². The van der Waals surface area contributed by atoms with Crippen molar-refractivity contribution in [2.75, 3.05) is 25.8 Å². The normalized spacial score (nSPS) is 15.1. The van der Waals surface area contributed by atoms with Crippen LogP contribution in [0.25, 0.3) is 0 Å². The van der Waals surface area contributed by atoms with Gasteiger partial charge in [0.2, 0.25) is 10.0 Å². The van der Waals surface area contributed by atoms with Crippen molar-refractivity contribution in [1.82, 2.24) is 4.47 Å². The summed E-state index contributed by atoms with van der Waals surface area (Å²) in [5.41, 5.74) is 0. The van der Waals surface area contributed by atoms with Crippen molar-refractivity contribution in [1.29, 1.82) is 0 Å². The number of alkyl halides is 1. The molecule has 6 heteroatoms. The van der Waals surface area contributed by atoms with Crippen LogP contribution < -0.4 is 0 Å². The van der Waals surface area contributed by atoms with Gasteiger partial charge in [0.15, 0.2) is 0 Å². The third kappa shape index (κ3) is 3.71. The van der Waals surface area contributed by atoms with Crippen LogP contribution in [0.2, 0.25) is 0 Å². The maximum absolute atomic E-state index is 11.3. The molecule has 0 aromatic carbocycles. The Morgan fingerprint density at radius 1 is 1.58 bits per heavy atom. The van der Waals surface area contributed by atoms with E-state index in [1.54, 1.807) is 6.92 Å². The third-order valence-electron chi connectivity index (χ3n) is 1.41. The van der Waals surface area contributed by atoms with Gasteiger partial charge in [-0.2, -0.15) is 0 Å². The second kappa shape index (κ2) is 5.01. The third-order valence-corrected chi connectivity index (χ3v) is 3.86. The van der Waals surface area contributed by atoms with E-state index in [1.807, 2.05) is 0 Å². The largest absolute Gasteiger partial charge is 0.288 e. The minimum Gasteiger partial charge on any atom is -0.288 e. The number of nitrogens with zero attached hydrogens (tertiary/aromatic N) is 1. The molecule has 74 valence electrons. The smallest absolute Gasteiger partial charge is 0.236 e. The fraction of sp³-hybridized carbons (Fsp3) is 1.00. The molecule has 0 rings (SSSR count). The molecule has 0 aromatic heterocycles. The molecular formula is C6H14ClNO3S. The van der Waals surface area contributed by atoms with E-state index in [0.717, 1.165) is 4.47 Å². The van der Waals surface area contributed by atoms with Crippen molar-refractivity contribution in [2.24, 2.45) is 5.92 Å². The van der Waals surface area contributed by atoms with Crippen LogP contribution >= 0.6 is 11.6 Å². The zero-order valence-electron chi connectivity index (χ0n) is 7.45. The first kappa shape index (κ1) is 12.2. The highest BCUT2D eigenvalue weighted by atomic mass is 35.5. The Bertz CT molecular complexity index is 217. The molecule has 0 amide bonds. The fourth-order valence-electron chi connectivity index (χ4n) is 0.623. The summed E-state index contributed by atoms with van der Waals surface area (Å²) in [4.78, 5) is 4.56. The van der Waals surface area contributed by atoms with E-state index >= 15 is 0 Å². The summed E-state index contributed by atoms with van der Waals surface area (Å²) < 4.78 is 23.4. The van der Waals surface area contributed by atoms with Gasteiger partial charge in [0, 0.05) is 12.9 Å². The highest BCUT2D eigenvalue weighted by molar-refractivity contribution is 7.88. The average Bonchev–Trinajstić information content (AvgIpc) is 2.02. The summed E-state index contributed by atoms with van der Waals surface area (Å²) in [6.07, 6.45) is 0. The summed E-state index contributed by atoms with van der Waals surface area (Å²) in [5.74, 6) is 0.284. The molecule has 0 spiro atoms. The maximum atomic E-state index is 11.3. The van der Waals surface area contributed by atoms with Crippen molar-refractivity contribution < 1.29 is 13.3 Å². The van der Waals surface area contributed by atoms with E-state index in [1.165, 1.54) is 14.2 Å². The second-order valence-electron chi connectivity index (χ2n) is 2.63. The van der Waals surface area contributed by atoms with E-state index in [2.05, 4.69) is 4.84 Å². The Balaban J connectivity index is 4.23. The van der Waals surface area contributed by atoms with Crippen LogP contribution in [0.1, 0.15) is 6.92 Å². The molecule has 0 aromatic rings. The van der Waals surface area contributed by atoms with E-state index in [0.29, 0.717) is 5.88 Å². The van der Waals surface area contributed by atoms with Crippen LogP contribution in [0.15, 0.2) is 0 Å². The quantitative estimate of drug-likeness (QED) is 0.501. The first-order valence-electron chi connectivity index (χ1n) is 3.50. The molecular weight excluding hydrogens is 202 g/mol. The summed E-state index contributed by atoms with van der Waals surface area (Å²) in [5, 5.41) is 0. The van der Waals surface area contributed by atoms with Gasteiger partial charge in [0.25, 0.3) is 0 Å². The van der Waals surface area contributed by atoms with Gasteiger partial charge < -0.3 is 0 Å². The summed E-state index contributed by atoms with van der Waals surface area (Å²) in [6.45, 7) is 1.77. The predicted molar refractivity (Wildman–Crippen MR) is 48.4 cm³/mol. The van der Waals surface area contributed by atoms with Gasteiger partial charge in [-0.15, -0.1) is 11.6 Å². The van der Waals surface area contributed by atoms with E-state index < -0.39 is 10.0 Å². The molecule has 0 aliphatic rings. The molecule has 4 nitrogen and oxygen atoms in total. The van der Waals surface area contributed by atoms with Gasteiger partial charge in [0.1, 0.15) is 0 Å². The van der Waals surface area contributed by atoms with E-state index in [9.17, 15) is 8.42 Å². The molecule has 0 fully saturated rings. The van der Waals surface area contributed by atoms with Gasteiger partial charge in [-0.3, -0.25) is 4.84 Å². The van der Waals surface area contributed by atoms with Crippen LogP contribution in [-0.2, 0) is 14.9 Å². The molecule has 0 radical (unpaired) electrons. The van der Waals surface area contributed by atoms with Crippen molar-refractivity contribution in [2.45, 2.75) is 6.92 Å². The van der Waals surface area contributed by atoms with Crippen molar-refractivity contribution in [3.8, 4) is 0 Å². The van der Waals surface area contributed by atoms with Gasteiger partial charge in [-0.25, -0.2) is 8.42 Å². The number of hydrogen-bond acceptors (Lipinski definition) is 3. The lowest BCUT2D eigenvalue weighted by molar-refractivity contribution is -0.0260. The first-order valence-corrected chi connectivity index (χ1v) is 5.65. The van der Waals surface area contributed by atoms with Crippen molar-refractivity contribution >= 4 is 21.6 Å². The predicted octanol–water partition coefficient (Wildman–Crippen LogP) is 0.684. The van der Waals surface area contributed by atoms with E-state index in [-0.39, 0.29) is 11.7 Å². The highest BCUT2D eigenvalue weighted by Crippen LogP contribution is 2.06. The molecule has 0 aliphatic carbocycles. The fourth-order valence-corrected chi connectivity index (χ4v) is 2.14. The maximum Gasteiger partial charge on any atom is 0.236 e. The Morgan fingerprint density at radius 2 is 2.08 bits per heavy atom. The Morgan fingerprint density at radius 3 is 2.42 bits per heavy atom. The molecule has 12 heavy (non-hydrogen) atoms. The number of hydroxylamine groups is 1. The molecule has 0 saturated carbocycles. The van der Waals surface area contributed by atoms with Gasteiger partial charge in [-0.1, -0.05) is 11.4 Å². The monoisotopic (exact) mass is 215 g/mol. The summed E-state index contributed by atoms with van der Waals surface area (Å²) in [6, 6.07) is 0. The molecule has 0 N–H and O–H groups in total. The zero-order valence-corrected chi connectivity index (χ0v) is 9.02. The lowest BCUT2D eigenvalue weighted by Gasteiger charge is -2.15. The Hall–Kier alpha value is 0.160. The minimum atomic E-state index is -3.30. The van der Waals surface area contributed by atoms with Crippen LogP contribution in [0.5, 0.6) is 0 Å². The number of hydrogen-bond donors (Lipinski definition) is 0. The number of halogens is 1. The standard InChI is InChI=1S/C6H14ClNO3S/c1-6(4-7)5-12(9,10)8(2)11-3/h6H,4-5H2,1-3H3. The summed E-state index contributed by atoms with van der Waals surface area (Å²) >= 11 is 5.48. The lowest BCUT2D eigenvalue weighted by Crippen LogP contribution is -2.31. The Labute approximate surface area is 78.5 Å². The van der Waals surface area contributed by atoms with Crippen LogP contribution in [0, 0.1) is 5.92 Å². The van der Waals surface area contributed by atoms with Crippen LogP contribution in [0.3, 0.4) is 0 Å². The number of sulfonamides is 1. The molecule has 0 heterocycles. The molecule has 1 atom stereocenters.